The van der Waals surface area contributed by atoms with E-state index in [0.717, 1.165) is 11.1 Å². The fourth-order valence-electron chi connectivity index (χ4n) is 5.25. The summed E-state index contributed by atoms with van der Waals surface area (Å²) in [6.07, 6.45) is 1.62. The van der Waals surface area contributed by atoms with Crippen LogP contribution in [0, 0.1) is 6.92 Å². The second-order valence-electron chi connectivity index (χ2n) is 11.3. The summed E-state index contributed by atoms with van der Waals surface area (Å²) in [6.45, 7) is 1.79. The molecule has 0 aliphatic heterocycles. The van der Waals surface area contributed by atoms with Crippen LogP contribution in [0.5, 0.6) is 0 Å². The summed E-state index contributed by atoms with van der Waals surface area (Å²) in [5, 5.41) is 11.6. The third-order valence-corrected chi connectivity index (χ3v) is 9.82. The fraction of sp³-hybridized carbons (Fsp3) is 0.0769. The van der Waals surface area contributed by atoms with E-state index >= 15 is 0 Å². The lowest BCUT2D eigenvalue weighted by Crippen LogP contribution is -2.30. The number of para-hydroxylation sites is 1. The fourth-order valence-corrected chi connectivity index (χ4v) is 6.95. The molecule has 0 radical (unpaired) electrons. The summed E-state index contributed by atoms with van der Waals surface area (Å²) >= 11 is 2.77. The Balaban J connectivity index is 1.24. The molecule has 1 atom stereocenters. The van der Waals surface area contributed by atoms with Crippen molar-refractivity contribution in [3.05, 3.63) is 171 Å². The van der Waals surface area contributed by atoms with Crippen LogP contribution in [-0.4, -0.2) is 27.1 Å². The molecule has 9 nitrogen and oxygen atoms in total. The number of nitrogens with one attached hydrogen (secondary N) is 3. The van der Waals surface area contributed by atoms with Gasteiger partial charge >= 0.3 is 0 Å². The maximum Gasteiger partial charge on any atom is 0.295 e. The van der Waals surface area contributed by atoms with Gasteiger partial charge in [0.15, 0.2) is 0 Å². The number of benzene rings is 4. The molecule has 0 bridgehead atoms. The maximum absolute atomic E-state index is 14.0. The maximum atomic E-state index is 14.0. The lowest BCUT2D eigenvalue weighted by Gasteiger charge is -2.17. The van der Waals surface area contributed by atoms with Crippen molar-refractivity contribution in [2.45, 2.75) is 17.1 Å². The van der Waals surface area contributed by atoms with Crippen LogP contribution < -0.4 is 21.5 Å². The number of hydrogen-bond acceptors (Lipinski definition) is 6. The average molecular weight is 700 g/mol. The quantitative estimate of drug-likeness (QED) is 0.0962. The zero-order valence-corrected chi connectivity index (χ0v) is 28.8. The van der Waals surface area contributed by atoms with Crippen LogP contribution in [0.3, 0.4) is 0 Å². The predicted molar refractivity (Wildman–Crippen MR) is 201 cm³/mol. The number of anilines is 2. The highest BCUT2D eigenvalue weighted by Crippen LogP contribution is 2.37. The molecule has 0 saturated heterocycles. The first-order valence-electron chi connectivity index (χ1n) is 15.7. The molecule has 1 unspecified atom stereocenters. The van der Waals surface area contributed by atoms with Gasteiger partial charge in [0.25, 0.3) is 17.4 Å². The minimum Gasteiger partial charge on any atom is -0.321 e. The summed E-state index contributed by atoms with van der Waals surface area (Å²) in [6, 6.07) is 36.2. The van der Waals surface area contributed by atoms with Gasteiger partial charge in [-0.1, -0.05) is 72.8 Å². The molecule has 0 fully saturated rings. The van der Waals surface area contributed by atoms with Gasteiger partial charge in [0.05, 0.1) is 11.4 Å². The van der Waals surface area contributed by atoms with E-state index in [0.29, 0.717) is 27.5 Å². The second kappa shape index (κ2) is 15.5. The Bertz CT molecular complexity index is 2210. The Morgan fingerprint density at radius 1 is 0.820 bits per heavy atom. The van der Waals surface area contributed by atoms with Crippen molar-refractivity contribution in [3.8, 4) is 5.69 Å². The molecule has 11 heteroatoms. The highest BCUT2D eigenvalue weighted by molar-refractivity contribution is 8.00. The van der Waals surface area contributed by atoms with E-state index in [2.05, 4.69) is 16.0 Å². The zero-order chi connectivity index (χ0) is 35.0. The lowest BCUT2D eigenvalue weighted by atomic mass is 10.1. The summed E-state index contributed by atoms with van der Waals surface area (Å²) in [5.74, 6) is -1.28. The van der Waals surface area contributed by atoms with Gasteiger partial charge in [0.1, 0.15) is 16.6 Å². The van der Waals surface area contributed by atoms with Crippen molar-refractivity contribution in [1.29, 1.82) is 0 Å². The highest BCUT2D eigenvalue weighted by atomic mass is 32.2. The summed E-state index contributed by atoms with van der Waals surface area (Å²) in [5.41, 5.74) is 3.65. The Morgan fingerprint density at radius 3 is 2.18 bits per heavy atom. The molecule has 0 saturated carbocycles. The molecule has 0 spiro atoms. The number of nitrogens with zero attached hydrogens (tertiary/aromatic N) is 2. The third-order valence-electron chi connectivity index (χ3n) is 7.87. The van der Waals surface area contributed by atoms with Crippen LogP contribution in [0.15, 0.2) is 147 Å². The smallest absolute Gasteiger partial charge is 0.295 e. The topological polar surface area (TPSA) is 114 Å². The number of amides is 3. The zero-order valence-electron chi connectivity index (χ0n) is 27.2. The number of carbonyl (C=O) groups is 3. The molecule has 3 N–H and O–H groups in total. The van der Waals surface area contributed by atoms with Crippen molar-refractivity contribution in [2.24, 2.45) is 7.05 Å². The molecule has 0 aliphatic carbocycles. The third kappa shape index (κ3) is 7.86. The SMILES string of the molecule is Cc1c(NC(=O)C(Sc2cccc(NC(=O)/C(=C/c3ccsc3)NC(=O)c3ccccc3)c2)c2ccccc2)c(=O)n(-c2ccccc2)n1C. The Hall–Kier alpha value is -5.91. The van der Waals surface area contributed by atoms with E-state index < -0.39 is 17.1 Å². The Labute approximate surface area is 297 Å². The lowest BCUT2D eigenvalue weighted by molar-refractivity contribution is -0.116. The Morgan fingerprint density at radius 2 is 1.50 bits per heavy atom. The number of aromatic nitrogens is 2. The Kier molecular flexibility index (Phi) is 10.6. The number of carbonyl (C=O) groups excluding carboxylic acids is 3. The molecule has 2 heterocycles. The number of rotatable bonds is 11. The largest absolute Gasteiger partial charge is 0.321 e. The number of hydrogen-bond donors (Lipinski definition) is 3. The molecule has 3 amide bonds. The monoisotopic (exact) mass is 699 g/mol. The van der Waals surface area contributed by atoms with Crippen molar-refractivity contribution < 1.29 is 14.4 Å². The minimum atomic E-state index is -0.731. The van der Waals surface area contributed by atoms with Crippen LogP contribution in [0.4, 0.5) is 11.4 Å². The van der Waals surface area contributed by atoms with E-state index in [1.165, 1.54) is 27.8 Å². The van der Waals surface area contributed by atoms with Crippen molar-refractivity contribution in [3.63, 3.8) is 0 Å². The van der Waals surface area contributed by atoms with Gasteiger partial charge in [-0.3, -0.25) is 23.9 Å². The predicted octanol–water partition coefficient (Wildman–Crippen LogP) is 7.43. The van der Waals surface area contributed by atoms with Crippen LogP contribution >= 0.6 is 23.1 Å². The van der Waals surface area contributed by atoms with Gasteiger partial charge < -0.3 is 16.0 Å². The molecule has 2 aromatic heterocycles. The second-order valence-corrected chi connectivity index (χ2v) is 13.2. The van der Waals surface area contributed by atoms with Gasteiger partial charge in [-0.15, -0.1) is 11.8 Å². The van der Waals surface area contributed by atoms with Gasteiger partial charge in [0, 0.05) is 23.2 Å². The van der Waals surface area contributed by atoms with E-state index in [-0.39, 0.29) is 22.9 Å². The van der Waals surface area contributed by atoms with Crippen LogP contribution in [-0.2, 0) is 16.6 Å². The first-order chi connectivity index (χ1) is 24.3. The molecular formula is C39H33N5O4S2. The first kappa shape index (κ1) is 34.0. The summed E-state index contributed by atoms with van der Waals surface area (Å²) in [7, 11) is 1.77. The van der Waals surface area contributed by atoms with E-state index in [1.807, 2.05) is 89.6 Å². The number of thiophene rings is 1. The van der Waals surface area contributed by atoms with Crippen molar-refractivity contribution >= 4 is 58.3 Å². The van der Waals surface area contributed by atoms with Crippen molar-refractivity contribution in [2.75, 3.05) is 10.6 Å². The number of thioether (sulfide) groups is 1. The normalized spacial score (nSPS) is 11.8. The van der Waals surface area contributed by atoms with E-state index in [4.69, 9.17) is 0 Å². The van der Waals surface area contributed by atoms with E-state index in [9.17, 15) is 19.2 Å². The summed E-state index contributed by atoms with van der Waals surface area (Å²) in [4.78, 5) is 54.8. The van der Waals surface area contributed by atoms with Crippen molar-refractivity contribution in [1.82, 2.24) is 14.7 Å². The molecule has 4 aromatic carbocycles. The molecule has 50 heavy (non-hydrogen) atoms. The molecule has 0 aliphatic rings. The van der Waals surface area contributed by atoms with Crippen LogP contribution in [0.1, 0.15) is 32.4 Å². The van der Waals surface area contributed by atoms with Crippen LogP contribution in [0.25, 0.3) is 11.8 Å². The first-order valence-corrected chi connectivity index (χ1v) is 17.5. The molecular weight excluding hydrogens is 667 g/mol. The van der Waals surface area contributed by atoms with Gasteiger partial charge in [-0.25, -0.2) is 4.68 Å². The standard InChI is InChI=1S/C39H33N5O4S2/c1-26-34(39(48)44(43(26)2)31-18-10-5-11-19-31)42-38(47)35(28-13-6-3-7-14-28)50-32-20-12-17-30(24-32)40-37(46)33(23-27-21-22-49-25-27)41-36(45)29-15-8-4-9-16-29/h3-25,35H,1-2H3,(H,40,46)(H,41,45)(H,42,47)/b33-23-. The molecule has 6 rings (SSSR count). The molecule has 250 valence electrons. The molecule has 6 aromatic rings. The minimum absolute atomic E-state index is 0.0799. The average Bonchev–Trinajstić information content (AvgIpc) is 3.73. The summed E-state index contributed by atoms with van der Waals surface area (Å²) < 4.78 is 3.23. The van der Waals surface area contributed by atoms with Crippen LogP contribution in [0.2, 0.25) is 0 Å². The van der Waals surface area contributed by atoms with E-state index in [1.54, 1.807) is 67.2 Å². The van der Waals surface area contributed by atoms with Gasteiger partial charge in [0.2, 0.25) is 5.91 Å². The highest BCUT2D eigenvalue weighted by Gasteiger charge is 2.26. The van der Waals surface area contributed by atoms with Gasteiger partial charge in [-0.05, 0) is 83.4 Å². The van der Waals surface area contributed by atoms with Gasteiger partial charge in [-0.2, -0.15) is 11.3 Å².